The van der Waals surface area contributed by atoms with E-state index in [1.165, 1.54) is 5.56 Å². The number of rotatable bonds is 3. The predicted molar refractivity (Wildman–Crippen MR) is 80.0 cm³/mol. The average Bonchev–Trinajstić information content (AvgIpc) is 2.35. The molecule has 2 aromatic rings. The van der Waals surface area contributed by atoms with Crippen molar-refractivity contribution in [1.82, 2.24) is 0 Å². The van der Waals surface area contributed by atoms with Gasteiger partial charge in [0.2, 0.25) is 0 Å². The van der Waals surface area contributed by atoms with E-state index >= 15 is 0 Å². The third kappa shape index (κ3) is 2.68. The summed E-state index contributed by atoms with van der Waals surface area (Å²) in [6.07, 6.45) is 0. The van der Waals surface area contributed by atoms with Gasteiger partial charge in [-0.2, -0.15) is 0 Å². The minimum Gasteiger partial charge on any atom is -0.355 e. The molecule has 18 heavy (non-hydrogen) atoms. The van der Waals surface area contributed by atoms with Crippen LogP contribution in [0.4, 0.5) is 11.4 Å². The number of benzene rings is 2. The molecular weight excluding hydrogens is 242 g/mol. The van der Waals surface area contributed by atoms with Gasteiger partial charge in [0.05, 0.1) is 0 Å². The second kappa shape index (κ2) is 5.45. The second-order valence-corrected chi connectivity index (χ2v) is 5.19. The maximum atomic E-state index is 6.14. The summed E-state index contributed by atoms with van der Waals surface area (Å²) in [5, 5.41) is 4.27. The van der Waals surface area contributed by atoms with Crippen LogP contribution in [0.1, 0.15) is 30.9 Å². The van der Waals surface area contributed by atoms with Crippen molar-refractivity contribution in [3.8, 4) is 0 Å². The molecular formula is C16H18ClN. The number of para-hydroxylation sites is 1. The van der Waals surface area contributed by atoms with Crippen molar-refractivity contribution in [1.29, 1.82) is 0 Å². The number of halogens is 1. The zero-order valence-corrected chi connectivity index (χ0v) is 11.8. The molecule has 0 atom stereocenters. The van der Waals surface area contributed by atoms with Crippen LogP contribution in [0.25, 0.3) is 0 Å². The molecule has 0 heterocycles. The highest BCUT2D eigenvalue weighted by Gasteiger charge is 2.07. The standard InChI is InChI=1S/C16H18ClN/c1-11(2)13-7-4-5-9-16(13)18-15-10-6-8-14(17)12(15)3/h4-11,18H,1-3H3. The lowest BCUT2D eigenvalue weighted by molar-refractivity contribution is 0.869. The average molecular weight is 260 g/mol. The van der Waals surface area contributed by atoms with E-state index in [2.05, 4.69) is 43.4 Å². The van der Waals surface area contributed by atoms with Crippen LogP contribution in [-0.4, -0.2) is 0 Å². The largest absolute Gasteiger partial charge is 0.355 e. The van der Waals surface area contributed by atoms with Crippen molar-refractivity contribution in [2.75, 3.05) is 5.32 Å². The van der Waals surface area contributed by atoms with Crippen molar-refractivity contribution in [3.05, 3.63) is 58.6 Å². The van der Waals surface area contributed by atoms with Gasteiger partial charge in [-0.15, -0.1) is 0 Å². The third-order valence-corrected chi connectivity index (χ3v) is 3.53. The van der Waals surface area contributed by atoms with Crippen molar-refractivity contribution in [2.24, 2.45) is 0 Å². The van der Waals surface area contributed by atoms with Crippen LogP contribution < -0.4 is 5.32 Å². The van der Waals surface area contributed by atoms with Gasteiger partial charge in [-0.3, -0.25) is 0 Å². The summed E-state index contributed by atoms with van der Waals surface area (Å²) in [7, 11) is 0. The molecule has 0 amide bonds. The molecule has 1 N–H and O–H groups in total. The first-order chi connectivity index (χ1) is 8.59. The second-order valence-electron chi connectivity index (χ2n) is 4.78. The molecule has 0 fully saturated rings. The molecule has 94 valence electrons. The van der Waals surface area contributed by atoms with Gasteiger partial charge in [0.15, 0.2) is 0 Å². The van der Waals surface area contributed by atoms with Gasteiger partial charge >= 0.3 is 0 Å². The first kappa shape index (κ1) is 13.0. The molecule has 2 aromatic carbocycles. The maximum Gasteiger partial charge on any atom is 0.0455 e. The van der Waals surface area contributed by atoms with Gasteiger partial charge in [-0.05, 0) is 42.2 Å². The first-order valence-electron chi connectivity index (χ1n) is 6.20. The van der Waals surface area contributed by atoms with Crippen LogP contribution in [0, 0.1) is 6.92 Å². The fraction of sp³-hybridized carbons (Fsp3) is 0.250. The van der Waals surface area contributed by atoms with Crippen molar-refractivity contribution in [2.45, 2.75) is 26.7 Å². The molecule has 0 aliphatic rings. The van der Waals surface area contributed by atoms with Crippen molar-refractivity contribution in [3.63, 3.8) is 0 Å². The fourth-order valence-electron chi connectivity index (χ4n) is 2.00. The van der Waals surface area contributed by atoms with Gasteiger partial charge in [0, 0.05) is 16.4 Å². The zero-order valence-electron chi connectivity index (χ0n) is 11.0. The summed E-state index contributed by atoms with van der Waals surface area (Å²) in [4.78, 5) is 0. The van der Waals surface area contributed by atoms with Crippen LogP contribution in [-0.2, 0) is 0 Å². The number of hydrogen-bond acceptors (Lipinski definition) is 1. The molecule has 2 heteroatoms. The number of hydrogen-bond donors (Lipinski definition) is 1. The van der Waals surface area contributed by atoms with E-state index in [1.54, 1.807) is 0 Å². The van der Waals surface area contributed by atoms with Crippen LogP contribution in [0.2, 0.25) is 5.02 Å². The molecule has 0 bridgehead atoms. The minimum atomic E-state index is 0.494. The Morgan fingerprint density at radius 3 is 2.33 bits per heavy atom. The maximum absolute atomic E-state index is 6.14. The van der Waals surface area contributed by atoms with Gasteiger partial charge in [-0.1, -0.05) is 49.7 Å². The lowest BCUT2D eigenvalue weighted by atomic mass is 10.0. The smallest absolute Gasteiger partial charge is 0.0455 e. The zero-order chi connectivity index (χ0) is 13.1. The van der Waals surface area contributed by atoms with E-state index in [4.69, 9.17) is 11.6 Å². The van der Waals surface area contributed by atoms with Crippen LogP contribution in [0.5, 0.6) is 0 Å². The minimum absolute atomic E-state index is 0.494. The molecule has 0 saturated heterocycles. The monoisotopic (exact) mass is 259 g/mol. The van der Waals surface area contributed by atoms with E-state index in [-0.39, 0.29) is 0 Å². The molecule has 0 spiro atoms. The van der Waals surface area contributed by atoms with Crippen molar-refractivity contribution < 1.29 is 0 Å². The SMILES string of the molecule is Cc1c(Cl)cccc1Nc1ccccc1C(C)C. The highest BCUT2D eigenvalue weighted by Crippen LogP contribution is 2.30. The Kier molecular flexibility index (Phi) is 3.93. The van der Waals surface area contributed by atoms with Gasteiger partial charge in [0.1, 0.15) is 0 Å². The van der Waals surface area contributed by atoms with Gasteiger partial charge in [-0.25, -0.2) is 0 Å². The summed E-state index contributed by atoms with van der Waals surface area (Å²) in [5.74, 6) is 0.494. The summed E-state index contributed by atoms with van der Waals surface area (Å²) in [5.41, 5.74) is 4.61. The third-order valence-electron chi connectivity index (χ3n) is 3.12. The molecule has 0 aliphatic carbocycles. The summed E-state index contributed by atoms with van der Waals surface area (Å²) >= 11 is 6.14. The van der Waals surface area contributed by atoms with E-state index in [0.29, 0.717) is 5.92 Å². The van der Waals surface area contributed by atoms with Gasteiger partial charge < -0.3 is 5.32 Å². The van der Waals surface area contributed by atoms with E-state index < -0.39 is 0 Å². The first-order valence-corrected chi connectivity index (χ1v) is 6.58. The molecule has 0 aliphatic heterocycles. The van der Waals surface area contributed by atoms with Crippen molar-refractivity contribution >= 4 is 23.0 Å². The molecule has 0 radical (unpaired) electrons. The van der Waals surface area contributed by atoms with E-state index in [0.717, 1.165) is 22.0 Å². The topological polar surface area (TPSA) is 12.0 Å². The van der Waals surface area contributed by atoms with Crippen LogP contribution in [0.15, 0.2) is 42.5 Å². The summed E-state index contributed by atoms with van der Waals surface area (Å²) in [6.45, 7) is 6.43. The lowest BCUT2D eigenvalue weighted by Gasteiger charge is -2.16. The van der Waals surface area contributed by atoms with Gasteiger partial charge in [0.25, 0.3) is 0 Å². The van der Waals surface area contributed by atoms with Crippen LogP contribution >= 0.6 is 11.6 Å². The molecule has 0 saturated carbocycles. The summed E-state index contributed by atoms with van der Waals surface area (Å²) < 4.78 is 0. The van der Waals surface area contributed by atoms with Crippen LogP contribution in [0.3, 0.4) is 0 Å². The highest BCUT2D eigenvalue weighted by molar-refractivity contribution is 6.31. The molecule has 2 rings (SSSR count). The summed E-state index contributed by atoms with van der Waals surface area (Å²) in [6, 6.07) is 14.3. The fourth-order valence-corrected chi connectivity index (χ4v) is 2.18. The quantitative estimate of drug-likeness (QED) is 0.766. The Hall–Kier alpha value is -1.47. The highest BCUT2D eigenvalue weighted by atomic mass is 35.5. The molecule has 1 nitrogen and oxygen atoms in total. The number of anilines is 2. The number of nitrogens with one attached hydrogen (secondary N) is 1. The van der Waals surface area contributed by atoms with E-state index in [9.17, 15) is 0 Å². The lowest BCUT2D eigenvalue weighted by Crippen LogP contribution is -1.99. The molecule has 0 aromatic heterocycles. The Morgan fingerprint density at radius 2 is 1.61 bits per heavy atom. The Morgan fingerprint density at radius 1 is 0.944 bits per heavy atom. The Labute approximate surface area is 114 Å². The van der Waals surface area contributed by atoms with E-state index in [1.807, 2.05) is 25.1 Å². The molecule has 0 unspecified atom stereocenters. The normalized spacial score (nSPS) is 10.7. The Balaban J connectivity index is 2.37. The Bertz CT molecular complexity index is 547. The predicted octanol–water partition coefficient (Wildman–Crippen LogP) is 5.52.